The summed E-state index contributed by atoms with van der Waals surface area (Å²) in [5, 5.41) is 0. The quantitative estimate of drug-likeness (QED) is 0.0261. The van der Waals surface area contributed by atoms with Crippen LogP contribution in [0.2, 0.25) is 0 Å². The smallest absolute Gasteiger partial charge is 0.306 e. The monoisotopic (exact) mass is 1140 g/mol. The van der Waals surface area contributed by atoms with Crippen LogP contribution in [0.15, 0.2) is 12.2 Å². The zero-order valence-electron chi connectivity index (χ0n) is 55.4. The van der Waals surface area contributed by atoms with Gasteiger partial charge >= 0.3 is 17.9 Å². The van der Waals surface area contributed by atoms with E-state index >= 15 is 0 Å². The van der Waals surface area contributed by atoms with Gasteiger partial charge in [0.25, 0.3) is 0 Å². The molecule has 0 saturated heterocycles. The van der Waals surface area contributed by atoms with Crippen molar-refractivity contribution < 1.29 is 28.6 Å². The van der Waals surface area contributed by atoms with Crippen molar-refractivity contribution >= 4 is 17.9 Å². The Labute approximate surface area is 507 Å². The van der Waals surface area contributed by atoms with Crippen molar-refractivity contribution in [2.75, 3.05) is 13.2 Å². The van der Waals surface area contributed by atoms with E-state index in [1.54, 1.807) is 0 Å². The van der Waals surface area contributed by atoms with E-state index in [1.165, 1.54) is 334 Å². The molecule has 0 aromatic carbocycles. The number of esters is 3. The van der Waals surface area contributed by atoms with Gasteiger partial charge in [0.05, 0.1) is 0 Å². The lowest BCUT2D eigenvalue weighted by molar-refractivity contribution is -0.167. The van der Waals surface area contributed by atoms with Crippen LogP contribution in [-0.4, -0.2) is 37.2 Å². The van der Waals surface area contributed by atoms with Gasteiger partial charge in [-0.1, -0.05) is 380 Å². The van der Waals surface area contributed by atoms with Gasteiger partial charge in [-0.3, -0.25) is 14.4 Å². The van der Waals surface area contributed by atoms with Crippen molar-refractivity contribution in [1.29, 1.82) is 0 Å². The van der Waals surface area contributed by atoms with Gasteiger partial charge in [-0.2, -0.15) is 0 Å². The van der Waals surface area contributed by atoms with Crippen molar-refractivity contribution in [3.05, 3.63) is 12.2 Å². The van der Waals surface area contributed by atoms with Crippen LogP contribution < -0.4 is 0 Å². The molecule has 480 valence electrons. The normalized spacial score (nSPS) is 12.0. The van der Waals surface area contributed by atoms with Crippen LogP contribution in [0.5, 0.6) is 0 Å². The maximum Gasteiger partial charge on any atom is 0.306 e. The number of hydrogen-bond acceptors (Lipinski definition) is 6. The summed E-state index contributed by atoms with van der Waals surface area (Å²) < 4.78 is 17.1. The van der Waals surface area contributed by atoms with Gasteiger partial charge in [0.2, 0.25) is 0 Å². The third-order valence-corrected chi connectivity index (χ3v) is 17.3. The lowest BCUT2D eigenvalue weighted by atomic mass is 10.0. The summed E-state index contributed by atoms with van der Waals surface area (Å²) in [6.45, 7) is 6.74. The second kappa shape index (κ2) is 70.6. The minimum absolute atomic E-state index is 0.0630. The molecule has 6 heteroatoms. The maximum atomic E-state index is 13.0. The summed E-state index contributed by atoms with van der Waals surface area (Å²) in [5.41, 5.74) is 0. The second-order valence-corrected chi connectivity index (χ2v) is 25.6. The molecule has 0 aliphatic heterocycles. The molecule has 0 rings (SSSR count). The number of unbranched alkanes of at least 4 members (excludes halogenated alkanes) is 57. The molecule has 0 bridgehead atoms. The van der Waals surface area contributed by atoms with Gasteiger partial charge in [0.15, 0.2) is 6.10 Å². The molecule has 1 unspecified atom stereocenters. The number of carbonyl (C=O) groups is 3. The third-order valence-electron chi connectivity index (χ3n) is 17.3. The van der Waals surface area contributed by atoms with Crippen molar-refractivity contribution in [2.45, 2.75) is 438 Å². The minimum atomic E-state index is -0.768. The summed E-state index contributed by atoms with van der Waals surface area (Å²) in [5.74, 6) is -0.824. The van der Waals surface area contributed by atoms with E-state index in [9.17, 15) is 14.4 Å². The molecule has 0 aliphatic rings. The fourth-order valence-corrected chi connectivity index (χ4v) is 11.7. The fraction of sp³-hybridized carbons (Fsp3) is 0.933. The largest absolute Gasteiger partial charge is 0.462 e. The molecule has 6 nitrogen and oxygen atoms in total. The van der Waals surface area contributed by atoms with Crippen LogP contribution >= 0.6 is 0 Å². The summed E-state index contributed by atoms with van der Waals surface area (Å²) >= 11 is 0. The molecule has 0 aromatic heterocycles. The van der Waals surface area contributed by atoms with E-state index in [2.05, 4.69) is 32.9 Å². The number of allylic oxidation sites excluding steroid dienone is 2. The molecular weight excluding hydrogens is 997 g/mol. The Balaban J connectivity index is 4.28. The Morgan fingerprint density at radius 2 is 0.407 bits per heavy atom. The van der Waals surface area contributed by atoms with Crippen LogP contribution in [0.1, 0.15) is 432 Å². The predicted molar refractivity (Wildman–Crippen MR) is 353 cm³/mol. The average Bonchev–Trinajstić information content (AvgIpc) is 3.47. The molecule has 81 heavy (non-hydrogen) atoms. The number of rotatable bonds is 70. The van der Waals surface area contributed by atoms with E-state index in [0.717, 1.165) is 57.8 Å². The molecule has 0 saturated carbocycles. The Hall–Kier alpha value is -1.85. The maximum absolute atomic E-state index is 13.0. The Bertz CT molecular complexity index is 1260. The fourth-order valence-electron chi connectivity index (χ4n) is 11.7. The molecule has 0 aromatic rings. The molecule has 0 aliphatic carbocycles. The predicted octanol–water partition coefficient (Wildman–Crippen LogP) is 25.6. The highest BCUT2D eigenvalue weighted by Crippen LogP contribution is 2.19. The molecule has 0 heterocycles. The molecule has 0 N–H and O–H groups in total. The molecular formula is C75H144O6. The summed E-state index contributed by atoms with van der Waals surface area (Å²) in [4.78, 5) is 38.5. The van der Waals surface area contributed by atoms with Gasteiger partial charge in [-0.25, -0.2) is 0 Å². The van der Waals surface area contributed by atoms with Gasteiger partial charge in [0, 0.05) is 19.3 Å². The third kappa shape index (κ3) is 68.8. The van der Waals surface area contributed by atoms with E-state index in [1.807, 2.05) is 0 Å². The molecule has 0 fully saturated rings. The van der Waals surface area contributed by atoms with Crippen molar-refractivity contribution in [3.63, 3.8) is 0 Å². The summed E-state index contributed by atoms with van der Waals surface area (Å²) in [6.07, 6.45) is 85.3. The first-order valence-electron chi connectivity index (χ1n) is 37.2. The van der Waals surface area contributed by atoms with Gasteiger partial charge < -0.3 is 14.2 Å². The van der Waals surface area contributed by atoms with Gasteiger partial charge in [-0.05, 0) is 44.9 Å². The number of carbonyl (C=O) groups excluding carboxylic acids is 3. The van der Waals surface area contributed by atoms with E-state index < -0.39 is 6.10 Å². The first-order chi connectivity index (χ1) is 40.0. The first-order valence-corrected chi connectivity index (χ1v) is 37.2. The van der Waals surface area contributed by atoms with Crippen LogP contribution in [0.25, 0.3) is 0 Å². The van der Waals surface area contributed by atoms with Crippen molar-refractivity contribution in [2.24, 2.45) is 0 Å². The standard InChI is InChI=1S/C75H144O6/c1-4-7-10-13-16-19-22-25-28-31-34-36-38-41-44-47-50-53-56-59-62-65-68-74(77)80-71-72(70-79-73(76)67-64-61-58-55-52-49-46-43-40-33-30-27-24-21-18-15-12-9-6-3)81-75(78)69-66-63-60-57-54-51-48-45-42-39-37-35-32-29-26-23-20-17-14-11-8-5-2/h27,30,72H,4-26,28-29,31-71H2,1-3H3/b30-27-. The number of hydrogen-bond donors (Lipinski definition) is 0. The molecule has 0 radical (unpaired) electrons. The topological polar surface area (TPSA) is 78.9 Å². The van der Waals surface area contributed by atoms with Crippen LogP contribution in [0.3, 0.4) is 0 Å². The highest BCUT2D eigenvalue weighted by atomic mass is 16.6. The average molecular weight is 1140 g/mol. The highest BCUT2D eigenvalue weighted by Gasteiger charge is 2.20. The lowest BCUT2D eigenvalue weighted by Gasteiger charge is -2.18. The van der Waals surface area contributed by atoms with E-state index in [4.69, 9.17) is 14.2 Å². The summed E-state index contributed by atoms with van der Waals surface area (Å²) in [7, 11) is 0. The molecule has 1 atom stereocenters. The molecule has 0 spiro atoms. The van der Waals surface area contributed by atoms with Crippen LogP contribution in [0.4, 0.5) is 0 Å². The van der Waals surface area contributed by atoms with Crippen LogP contribution in [-0.2, 0) is 28.6 Å². The van der Waals surface area contributed by atoms with E-state index in [0.29, 0.717) is 19.3 Å². The van der Waals surface area contributed by atoms with Crippen LogP contribution in [0, 0.1) is 0 Å². The van der Waals surface area contributed by atoms with E-state index in [-0.39, 0.29) is 31.1 Å². The first kappa shape index (κ1) is 79.2. The van der Waals surface area contributed by atoms with Gasteiger partial charge in [-0.15, -0.1) is 0 Å². The zero-order valence-corrected chi connectivity index (χ0v) is 55.4. The van der Waals surface area contributed by atoms with Crippen molar-refractivity contribution in [1.82, 2.24) is 0 Å². The second-order valence-electron chi connectivity index (χ2n) is 25.6. The Kier molecular flexibility index (Phi) is 69.0. The molecule has 0 amide bonds. The Morgan fingerprint density at radius 1 is 0.235 bits per heavy atom. The SMILES string of the molecule is CCCCCCCC/C=C\CCCCCCCCCCCC(=O)OCC(COC(=O)CCCCCCCCCCCCCCCCCCCCCCCC)OC(=O)CCCCCCCCCCCCCCCCCCCCCCCC. The van der Waals surface area contributed by atoms with Gasteiger partial charge in [0.1, 0.15) is 13.2 Å². The zero-order chi connectivity index (χ0) is 58.5. The minimum Gasteiger partial charge on any atom is -0.462 e. The lowest BCUT2D eigenvalue weighted by Crippen LogP contribution is -2.30. The Morgan fingerprint density at radius 3 is 0.617 bits per heavy atom. The number of ether oxygens (including phenoxy) is 3. The van der Waals surface area contributed by atoms with Crippen molar-refractivity contribution in [3.8, 4) is 0 Å². The highest BCUT2D eigenvalue weighted by molar-refractivity contribution is 5.71. The summed E-state index contributed by atoms with van der Waals surface area (Å²) in [6, 6.07) is 0.